The van der Waals surface area contributed by atoms with E-state index in [0.29, 0.717) is 0 Å². The van der Waals surface area contributed by atoms with Crippen LogP contribution < -0.4 is 0 Å². The van der Waals surface area contributed by atoms with Crippen molar-refractivity contribution < 1.29 is 41.0 Å². The van der Waals surface area contributed by atoms with Crippen molar-refractivity contribution in [3.8, 4) is 0 Å². The number of hydrogen-bond donors (Lipinski definition) is 0. The lowest BCUT2D eigenvalue weighted by Gasteiger charge is -2.19. The zero-order chi connectivity index (χ0) is 20.5. The summed E-state index contributed by atoms with van der Waals surface area (Å²) in [7, 11) is 0. The molecule has 1 aromatic carbocycles. The van der Waals surface area contributed by atoms with Crippen LogP contribution in [-0.4, -0.2) is 37.3 Å². The van der Waals surface area contributed by atoms with Crippen LogP contribution in [0.15, 0.2) is 24.3 Å². The molecule has 0 aliphatic rings. The quantitative estimate of drug-likeness (QED) is 0.311. The lowest BCUT2D eigenvalue weighted by molar-refractivity contribution is -0.292. The SMILES string of the molecule is CCCCCCCOC(=O)c1ccc(C(=O)OCC(F)(F)C(F)(F)F)cc1. The molecule has 0 aliphatic carbocycles. The summed E-state index contributed by atoms with van der Waals surface area (Å²) in [5.74, 6) is -7.10. The van der Waals surface area contributed by atoms with Crippen molar-refractivity contribution >= 4 is 11.9 Å². The zero-order valence-electron chi connectivity index (χ0n) is 14.8. The van der Waals surface area contributed by atoms with Crippen molar-refractivity contribution in [1.82, 2.24) is 0 Å². The largest absolute Gasteiger partial charge is 0.462 e. The molecule has 0 bridgehead atoms. The van der Waals surface area contributed by atoms with E-state index in [1.807, 2.05) is 0 Å². The van der Waals surface area contributed by atoms with E-state index in [1.54, 1.807) is 0 Å². The third-order valence-corrected chi connectivity index (χ3v) is 3.64. The smallest absolute Gasteiger partial charge is 0.456 e. The van der Waals surface area contributed by atoms with E-state index >= 15 is 0 Å². The first-order valence-electron chi connectivity index (χ1n) is 8.47. The second-order valence-electron chi connectivity index (χ2n) is 5.91. The maximum Gasteiger partial charge on any atom is 0.456 e. The molecule has 1 aromatic rings. The predicted octanol–water partition coefficient (Wildman–Crippen LogP) is 5.17. The molecule has 0 amide bonds. The van der Waals surface area contributed by atoms with Crippen LogP contribution in [0.25, 0.3) is 0 Å². The molecule has 0 spiro atoms. The minimum atomic E-state index is -5.81. The molecule has 1 rings (SSSR count). The summed E-state index contributed by atoms with van der Waals surface area (Å²) in [5.41, 5.74) is -0.134. The molecule has 0 heterocycles. The first-order valence-corrected chi connectivity index (χ1v) is 8.47. The molecule has 0 aromatic heterocycles. The summed E-state index contributed by atoms with van der Waals surface area (Å²) in [6.45, 7) is 0.220. The van der Waals surface area contributed by atoms with Crippen LogP contribution in [0.5, 0.6) is 0 Å². The molecule has 0 fully saturated rings. The van der Waals surface area contributed by atoms with Gasteiger partial charge in [-0.2, -0.15) is 22.0 Å². The number of benzene rings is 1. The highest BCUT2D eigenvalue weighted by Crippen LogP contribution is 2.35. The third-order valence-electron chi connectivity index (χ3n) is 3.64. The molecule has 27 heavy (non-hydrogen) atoms. The molecule has 152 valence electrons. The highest BCUT2D eigenvalue weighted by Gasteiger charge is 2.58. The van der Waals surface area contributed by atoms with Gasteiger partial charge in [-0.25, -0.2) is 9.59 Å². The van der Waals surface area contributed by atoms with Crippen LogP contribution in [0.4, 0.5) is 22.0 Å². The number of unbranched alkanes of at least 4 members (excludes halogenated alkanes) is 4. The van der Waals surface area contributed by atoms with Crippen molar-refractivity contribution in [3.05, 3.63) is 35.4 Å². The topological polar surface area (TPSA) is 52.6 Å². The second kappa shape index (κ2) is 10.2. The molecule has 0 aliphatic heterocycles. The third kappa shape index (κ3) is 7.52. The Hall–Kier alpha value is -2.19. The molecule has 0 saturated carbocycles. The Labute approximate surface area is 153 Å². The van der Waals surface area contributed by atoms with E-state index in [0.717, 1.165) is 44.2 Å². The lowest BCUT2D eigenvalue weighted by atomic mass is 10.1. The fraction of sp³-hybridized carbons (Fsp3) is 0.556. The average molecular weight is 396 g/mol. The number of carbonyl (C=O) groups is 2. The van der Waals surface area contributed by atoms with Gasteiger partial charge in [0.05, 0.1) is 17.7 Å². The van der Waals surface area contributed by atoms with Gasteiger partial charge in [0.2, 0.25) is 0 Å². The van der Waals surface area contributed by atoms with Crippen LogP contribution in [-0.2, 0) is 9.47 Å². The van der Waals surface area contributed by atoms with Crippen LogP contribution in [0, 0.1) is 0 Å². The fourth-order valence-corrected chi connectivity index (χ4v) is 2.02. The standard InChI is InChI=1S/C18H21F5O4/c1-2-3-4-5-6-11-26-15(24)13-7-9-14(10-8-13)16(25)27-12-17(19,20)18(21,22)23/h7-10H,2-6,11-12H2,1H3. The number of esters is 2. The van der Waals surface area contributed by atoms with Crippen LogP contribution in [0.1, 0.15) is 59.7 Å². The Morgan fingerprint density at radius 1 is 0.815 bits per heavy atom. The van der Waals surface area contributed by atoms with Crippen LogP contribution in [0.2, 0.25) is 0 Å². The van der Waals surface area contributed by atoms with Crippen molar-refractivity contribution in [2.24, 2.45) is 0 Å². The molecular formula is C18H21F5O4. The van der Waals surface area contributed by atoms with Gasteiger partial charge in [-0.3, -0.25) is 0 Å². The number of hydrogen-bond acceptors (Lipinski definition) is 4. The molecule has 0 unspecified atom stereocenters. The highest BCUT2D eigenvalue weighted by molar-refractivity contribution is 5.93. The van der Waals surface area contributed by atoms with Gasteiger partial charge in [0.1, 0.15) is 0 Å². The fourth-order valence-electron chi connectivity index (χ4n) is 2.02. The molecule has 4 nitrogen and oxygen atoms in total. The monoisotopic (exact) mass is 396 g/mol. The summed E-state index contributed by atoms with van der Waals surface area (Å²) < 4.78 is 70.6. The van der Waals surface area contributed by atoms with E-state index < -0.39 is 30.6 Å². The second-order valence-corrected chi connectivity index (χ2v) is 5.91. The van der Waals surface area contributed by atoms with Crippen molar-refractivity contribution in [2.45, 2.75) is 51.1 Å². The predicted molar refractivity (Wildman–Crippen MR) is 86.8 cm³/mol. The summed E-state index contributed by atoms with van der Waals surface area (Å²) in [5, 5.41) is 0. The molecular weight excluding hydrogens is 375 g/mol. The van der Waals surface area contributed by atoms with Crippen LogP contribution >= 0.6 is 0 Å². The maximum absolute atomic E-state index is 12.7. The van der Waals surface area contributed by atoms with Gasteiger partial charge in [0, 0.05) is 0 Å². The van der Waals surface area contributed by atoms with E-state index in [4.69, 9.17) is 4.74 Å². The summed E-state index contributed by atoms with van der Waals surface area (Å²) in [6.07, 6.45) is -0.878. The van der Waals surface area contributed by atoms with Gasteiger partial charge in [-0.1, -0.05) is 32.6 Å². The Kier molecular flexibility index (Phi) is 8.65. The van der Waals surface area contributed by atoms with Crippen LogP contribution in [0.3, 0.4) is 0 Å². The molecule has 0 atom stereocenters. The normalized spacial score (nSPS) is 11.9. The molecule has 0 saturated heterocycles. The Bertz CT molecular complexity index is 611. The van der Waals surface area contributed by atoms with Gasteiger partial charge in [0.15, 0.2) is 6.61 Å². The Morgan fingerprint density at radius 2 is 1.30 bits per heavy atom. The first kappa shape index (κ1) is 22.9. The van der Waals surface area contributed by atoms with Gasteiger partial charge >= 0.3 is 24.0 Å². The zero-order valence-corrected chi connectivity index (χ0v) is 14.8. The number of rotatable bonds is 10. The average Bonchev–Trinajstić information content (AvgIpc) is 2.61. The molecule has 0 N–H and O–H groups in total. The summed E-state index contributed by atoms with van der Waals surface area (Å²) in [4.78, 5) is 23.4. The molecule has 9 heteroatoms. The van der Waals surface area contributed by atoms with Crippen molar-refractivity contribution in [3.63, 3.8) is 0 Å². The molecule has 0 radical (unpaired) electrons. The van der Waals surface area contributed by atoms with Gasteiger partial charge in [0.25, 0.3) is 0 Å². The van der Waals surface area contributed by atoms with Crippen molar-refractivity contribution in [2.75, 3.05) is 13.2 Å². The van der Waals surface area contributed by atoms with Gasteiger partial charge < -0.3 is 9.47 Å². The van der Waals surface area contributed by atoms with Crippen molar-refractivity contribution in [1.29, 1.82) is 0 Å². The number of carbonyl (C=O) groups excluding carboxylic acids is 2. The highest BCUT2D eigenvalue weighted by atomic mass is 19.4. The minimum Gasteiger partial charge on any atom is -0.462 e. The minimum absolute atomic E-state index is 0.126. The number of halogens is 5. The van der Waals surface area contributed by atoms with E-state index in [2.05, 4.69) is 11.7 Å². The van der Waals surface area contributed by atoms with E-state index in [9.17, 15) is 31.5 Å². The Balaban J connectivity index is 2.48. The summed E-state index contributed by atoms with van der Waals surface area (Å²) >= 11 is 0. The number of ether oxygens (including phenoxy) is 2. The van der Waals surface area contributed by atoms with Gasteiger partial charge in [-0.15, -0.1) is 0 Å². The number of alkyl halides is 5. The van der Waals surface area contributed by atoms with Gasteiger partial charge in [-0.05, 0) is 30.7 Å². The first-order chi connectivity index (χ1) is 12.6. The maximum atomic E-state index is 12.7. The lowest BCUT2D eigenvalue weighted by Crippen LogP contribution is -2.41. The summed E-state index contributed by atoms with van der Waals surface area (Å²) in [6, 6.07) is 4.59. The Morgan fingerprint density at radius 3 is 1.78 bits per heavy atom. The van der Waals surface area contributed by atoms with E-state index in [-0.39, 0.29) is 17.7 Å². The van der Waals surface area contributed by atoms with E-state index in [1.165, 1.54) is 12.1 Å².